The molecule has 0 aromatic heterocycles. The van der Waals surface area contributed by atoms with Crippen LogP contribution in [0.5, 0.6) is 0 Å². The van der Waals surface area contributed by atoms with Crippen LogP contribution in [0, 0.1) is 0 Å². The molecule has 0 saturated heterocycles. The first kappa shape index (κ1) is 27.1. The summed E-state index contributed by atoms with van der Waals surface area (Å²) in [5, 5.41) is 0. The zero-order valence-electron chi connectivity index (χ0n) is 18.9. The molecule has 0 bridgehead atoms. The fourth-order valence-electron chi connectivity index (χ4n) is 3.20. The molecular weight excluding hydrogens is 357 g/mol. The average Bonchev–Trinajstić information content (AvgIpc) is 2.57. The number of rotatable bonds is 20. The lowest BCUT2D eigenvalue weighted by molar-refractivity contribution is -0.870. The summed E-state index contributed by atoms with van der Waals surface area (Å²) < 4.78 is 17.9. The summed E-state index contributed by atoms with van der Waals surface area (Å²) in [5.74, 6) is 0. The van der Waals surface area contributed by atoms with Crippen molar-refractivity contribution >= 4 is 7.60 Å². The second-order valence-electron chi connectivity index (χ2n) is 9.16. The highest BCUT2D eigenvalue weighted by Gasteiger charge is 2.20. The predicted molar refractivity (Wildman–Crippen MR) is 118 cm³/mol. The van der Waals surface area contributed by atoms with Crippen LogP contribution in [0.2, 0.25) is 0 Å². The van der Waals surface area contributed by atoms with Crippen molar-refractivity contribution in [2.24, 2.45) is 0 Å². The van der Waals surface area contributed by atoms with Crippen molar-refractivity contribution in [1.29, 1.82) is 0 Å². The molecule has 0 aromatic carbocycles. The Morgan fingerprint density at radius 1 is 0.704 bits per heavy atom. The summed E-state index contributed by atoms with van der Waals surface area (Å²) in [4.78, 5) is 9.84. The topological polar surface area (TPSA) is 46.5 Å². The lowest BCUT2D eigenvalue weighted by Crippen LogP contribution is -2.37. The smallest absolute Gasteiger partial charge is 0.328 e. The van der Waals surface area contributed by atoms with Gasteiger partial charge in [0.05, 0.1) is 21.1 Å². The van der Waals surface area contributed by atoms with E-state index >= 15 is 0 Å². The Balaban J connectivity index is 3.31. The van der Waals surface area contributed by atoms with Crippen molar-refractivity contribution in [3.63, 3.8) is 0 Å². The van der Waals surface area contributed by atoms with Gasteiger partial charge in [-0.2, -0.15) is 0 Å². The van der Waals surface area contributed by atoms with Gasteiger partial charge >= 0.3 is 7.60 Å². The van der Waals surface area contributed by atoms with E-state index in [2.05, 4.69) is 28.1 Å². The number of likely N-dealkylation sites (N-methyl/N-ethyl adjacent to an activating group) is 1. The van der Waals surface area contributed by atoms with E-state index in [1.165, 1.54) is 83.5 Å². The molecule has 1 unspecified atom stereocenters. The van der Waals surface area contributed by atoms with Gasteiger partial charge in [-0.3, -0.25) is 4.57 Å². The summed E-state index contributed by atoms with van der Waals surface area (Å²) in [6.45, 7) is 3.38. The Morgan fingerprint density at radius 3 is 1.44 bits per heavy atom. The van der Waals surface area contributed by atoms with Gasteiger partial charge in [0.2, 0.25) is 0 Å². The molecule has 1 atom stereocenters. The molecule has 27 heavy (non-hydrogen) atoms. The molecule has 164 valence electrons. The molecule has 0 saturated carbocycles. The van der Waals surface area contributed by atoms with Crippen molar-refractivity contribution in [2.45, 2.75) is 103 Å². The highest BCUT2D eigenvalue weighted by molar-refractivity contribution is 7.52. The van der Waals surface area contributed by atoms with Crippen LogP contribution in [0.4, 0.5) is 0 Å². The van der Waals surface area contributed by atoms with Crippen LogP contribution in [0.1, 0.15) is 103 Å². The van der Waals surface area contributed by atoms with Gasteiger partial charge in [0.25, 0.3) is 0 Å². The number of nitrogens with zero attached hydrogens (tertiary/aromatic N) is 1. The molecule has 0 aliphatic heterocycles. The monoisotopic (exact) mass is 406 g/mol. The third-order valence-electron chi connectivity index (χ3n) is 5.10. The fourth-order valence-corrected chi connectivity index (χ4v) is 4.32. The molecule has 0 spiro atoms. The van der Waals surface area contributed by atoms with Crippen LogP contribution in [0.25, 0.3) is 0 Å². The molecule has 4 nitrogen and oxygen atoms in total. The molecule has 0 rings (SSSR count). The van der Waals surface area contributed by atoms with Gasteiger partial charge in [0, 0.05) is 6.16 Å². The Kier molecular flexibility index (Phi) is 17.1. The molecule has 0 heterocycles. The number of hydrogen-bond donors (Lipinski definition) is 1. The summed E-state index contributed by atoms with van der Waals surface area (Å²) in [7, 11) is 2.79. The molecule has 5 heteroatoms. The molecule has 0 aromatic rings. The van der Waals surface area contributed by atoms with E-state index in [9.17, 15) is 9.46 Å². The second kappa shape index (κ2) is 17.0. The molecule has 0 radical (unpaired) electrons. The van der Waals surface area contributed by atoms with Crippen LogP contribution in [0.3, 0.4) is 0 Å². The zero-order valence-corrected chi connectivity index (χ0v) is 19.8. The molecule has 0 fully saturated rings. The Labute approximate surface area is 170 Å². The molecule has 1 N–H and O–H groups in total. The Bertz CT molecular complexity index is 369. The van der Waals surface area contributed by atoms with Gasteiger partial charge in [-0.25, -0.2) is 0 Å². The highest BCUT2D eigenvalue weighted by Crippen LogP contribution is 2.42. The lowest BCUT2D eigenvalue weighted by atomic mass is 10.0. The normalized spacial score (nSPS) is 14.4. The quantitative estimate of drug-likeness (QED) is 0.138. The van der Waals surface area contributed by atoms with E-state index in [-0.39, 0.29) is 0 Å². The first-order valence-corrected chi connectivity index (χ1v) is 13.3. The van der Waals surface area contributed by atoms with Gasteiger partial charge in [-0.15, -0.1) is 0 Å². The molecule has 0 amide bonds. The zero-order chi connectivity index (χ0) is 20.4. The summed E-state index contributed by atoms with van der Waals surface area (Å²) in [5.41, 5.74) is 0. The Morgan fingerprint density at radius 2 is 1.07 bits per heavy atom. The maximum absolute atomic E-state index is 12.0. The van der Waals surface area contributed by atoms with Crippen LogP contribution in [-0.4, -0.2) is 49.8 Å². The van der Waals surface area contributed by atoms with E-state index < -0.39 is 7.60 Å². The van der Waals surface area contributed by atoms with E-state index in [1.54, 1.807) is 0 Å². The van der Waals surface area contributed by atoms with Crippen molar-refractivity contribution in [2.75, 3.05) is 40.5 Å². The SMILES string of the molecule is CCCCCCCCCCCCCCCCCP(=O)(O)OCC[N+](C)(C)C. The third kappa shape index (κ3) is 22.3. The largest absolute Gasteiger partial charge is 0.329 e. The van der Waals surface area contributed by atoms with Gasteiger partial charge in [-0.05, 0) is 6.42 Å². The number of unbranched alkanes of at least 4 members (excludes halogenated alkanes) is 14. The first-order valence-electron chi connectivity index (χ1n) is 11.5. The summed E-state index contributed by atoms with van der Waals surface area (Å²) in [6, 6.07) is 0. The Hall–Kier alpha value is 0.110. The first-order chi connectivity index (χ1) is 12.8. The standard InChI is InChI=1S/C22H48NO3P/c1-5-6-7-8-9-10-11-12-13-14-15-16-17-18-19-22-27(24,25)26-21-20-23(2,3)4/h5-22H2,1-4H3/p+1. The van der Waals surface area contributed by atoms with Crippen LogP contribution in [-0.2, 0) is 9.09 Å². The molecule has 0 aliphatic carbocycles. The second-order valence-corrected chi connectivity index (χ2v) is 11.1. The van der Waals surface area contributed by atoms with Crippen molar-refractivity contribution < 1.29 is 18.5 Å². The van der Waals surface area contributed by atoms with Crippen molar-refractivity contribution in [3.05, 3.63) is 0 Å². The van der Waals surface area contributed by atoms with E-state index in [0.29, 0.717) is 12.8 Å². The van der Waals surface area contributed by atoms with Crippen LogP contribution >= 0.6 is 7.60 Å². The van der Waals surface area contributed by atoms with Gasteiger partial charge < -0.3 is 13.9 Å². The number of hydrogen-bond acceptors (Lipinski definition) is 2. The maximum Gasteiger partial charge on any atom is 0.328 e. The fraction of sp³-hybridized carbons (Fsp3) is 1.00. The van der Waals surface area contributed by atoms with E-state index in [0.717, 1.165) is 23.9 Å². The minimum atomic E-state index is -3.38. The average molecular weight is 407 g/mol. The number of quaternary nitrogens is 1. The molecule has 0 aliphatic rings. The maximum atomic E-state index is 12.0. The van der Waals surface area contributed by atoms with Gasteiger partial charge in [-0.1, -0.05) is 96.8 Å². The van der Waals surface area contributed by atoms with Gasteiger partial charge in [0.1, 0.15) is 13.2 Å². The van der Waals surface area contributed by atoms with Crippen LogP contribution < -0.4 is 0 Å². The highest BCUT2D eigenvalue weighted by atomic mass is 31.2. The van der Waals surface area contributed by atoms with Crippen LogP contribution in [0.15, 0.2) is 0 Å². The minimum Gasteiger partial charge on any atom is -0.329 e. The van der Waals surface area contributed by atoms with Crippen molar-refractivity contribution in [1.82, 2.24) is 0 Å². The van der Waals surface area contributed by atoms with E-state index in [4.69, 9.17) is 4.52 Å². The molecular formula is C22H49NO3P+. The van der Waals surface area contributed by atoms with Crippen molar-refractivity contribution in [3.8, 4) is 0 Å². The minimum absolute atomic E-state index is 0.308. The van der Waals surface area contributed by atoms with Gasteiger partial charge in [0.15, 0.2) is 0 Å². The van der Waals surface area contributed by atoms with E-state index in [1.807, 2.05) is 0 Å². The third-order valence-corrected chi connectivity index (χ3v) is 6.57. The summed E-state index contributed by atoms with van der Waals surface area (Å²) >= 11 is 0. The predicted octanol–water partition coefficient (Wildman–Crippen LogP) is 6.77. The summed E-state index contributed by atoms with van der Waals surface area (Å²) in [6.07, 6.45) is 19.9. The lowest BCUT2D eigenvalue weighted by Gasteiger charge is -2.24.